The van der Waals surface area contributed by atoms with Crippen LogP contribution in [0.5, 0.6) is 0 Å². The molecular formula is C12H12N2O5S2. The van der Waals surface area contributed by atoms with Gasteiger partial charge in [-0.15, -0.1) is 11.8 Å². The standard InChI is InChI=1S/C12H12N2O5S2/c1-7(15)13-9(12(16)17)6-20-11-8-4-2-3-5-10(8)21(18,19)14-11/h2-5,9H,6H2,1H3,(H,13,15)(H,16,17). The van der Waals surface area contributed by atoms with Crippen LogP contribution in [0.4, 0.5) is 0 Å². The highest BCUT2D eigenvalue weighted by Gasteiger charge is 2.30. The summed E-state index contributed by atoms with van der Waals surface area (Å²) in [5.41, 5.74) is 0.453. The molecule has 1 aromatic rings. The van der Waals surface area contributed by atoms with Crippen molar-refractivity contribution < 1.29 is 23.1 Å². The van der Waals surface area contributed by atoms with Crippen LogP contribution in [0.25, 0.3) is 0 Å². The van der Waals surface area contributed by atoms with E-state index in [1.165, 1.54) is 13.0 Å². The van der Waals surface area contributed by atoms with Gasteiger partial charge >= 0.3 is 5.97 Å². The Labute approximate surface area is 125 Å². The Balaban J connectivity index is 2.18. The molecular weight excluding hydrogens is 316 g/mol. The van der Waals surface area contributed by atoms with Gasteiger partial charge in [0.25, 0.3) is 10.0 Å². The van der Waals surface area contributed by atoms with Gasteiger partial charge in [0.15, 0.2) is 0 Å². The highest BCUT2D eigenvalue weighted by Crippen LogP contribution is 2.30. The maximum atomic E-state index is 11.8. The molecule has 0 fully saturated rings. The number of amides is 1. The molecule has 7 nitrogen and oxygen atoms in total. The van der Waals surface area contributed by atoms with Crippen LogP contribution in [0.1, 0.15) is 12.5 Å². The van der Waals surface area contributed by atoms with E-state index in [0.717, 1.165) is 11.8 Å². The van der Waals surface area contributed by atoms with Gasteiger partial charge < -0.3 is 10.4 Å². The zero-order chi connectivity index (χ0) is 15.6. The molecule has 2 rings (SSSR count). The van der Waals surface area contributed by atoms with E-state index in [4.69, 9.17) is 5.11 Å². The number of hydrogen-bond donors (Lipinski definition) is 2. The van der Waals surface area contributed by atoms with E-state index in [0.29, 0.717) is 5.56 Å². The van der Waals surface area contributed by atoms with Gasteiger partial charge in [0.2, 0.25) is 5.91 Å². The van der Waals surface area contributed by atoms with Crippen LogP contribution in [0, 0.1) is 0 Å². The third-order valence-corrected chi connectivity index (χ3v) is 5.20. The van der Waals surface area contributed by atoms with Crippen LogP contribution in [-0.4, -0.2) is 42.2 Å². The van der Waals surface area contributed by atoms with Crippen molar-refractivity contribution >= 4 is 38.7 Å². The van der Waals surface area contributed by atoms with Crippen LogP contribution in [-0.2, 0) is 19.6 Å². The lowest BCUT2D eigenvalue weighted by Crippen LogP contribution is -2.41. The lowest BCUT2D eigenvalue weighted by Gasteiger charge is -2.12. The molecule has 1 aliphatic heterocycles. The minimum absolute atomic E-state index is 0.0163. The molecule has 1 amide bonds. The Morgan fingerprint density at radius 2 is 2.05 bits per heavy atom. The smallest absolute Gasteiger partial charge is 0.327 e. The molecule has 0 aromatic heterocycles. The predicted octanol–water partition coefficient (Wildman–Crippen LogP) is 0.458. The van der Waals surface area contributed by atoms with Crippen molar-refractivity contribution in [3.63, 3.8) is 0 Å². The normalized spacial score (nSPS) is 16.7. The Hall–Kier alpha value is -1.87. The van der Waals surface area contributed by atoms with Gasteiger partial charge in [-0.1, -0.05) is 18.2 Å². The molecule has 1 atom stereocenters. The minimum Gasteiger partial charge on any atom is -0.480 e. The molecule has 1 heterocycles. The summed E-state index contributed by atoms with van der Waals surface area (Å²) in [6.45, 7) is 1.22. The largest absolute Gasteiger partial charge is 0.480 e. The van der Waals surface area contributed by atoms with Crippen LogP contribution in [0.15, 0.2) is 33.6 Å². The second-order valence-electron chi connectivity index (χ2n) is 4.27. The van der Waals surface area contributed by atoms with E-state index in [1.807, 2.05) is 0 Å². The first-order valence-electron chi connectivity index (χ1n) is 5.88. The van der Waals surface area contributed by atoms with E-state index in [-0.39, 0.29) is 15.7 Å². The van der Waals surface area contributed by atoms with Gasteiger partial charge in [0.05, 0.1) is 4.90 Å². The minimum atomic E-state index is -3.71. The van der Waals surface area contributed by atoms with Crippen LogP contribution < -0.4 is 5.32 Å². The number of carboxylic acids is 1. The van der Waals surface area contributed by atoms with E-state index < -0.39 is 27.9 Å². The number of thioether (sulfide) groups is 1. The zero-order valence-electron chi connectivity index (χ0n) is 10.9. The summed E-state index contributed by atoms with van der Waals surface area (Å²) in [5, 5.41) is 11.5. The molecule has 112 valence electrons. The van der Waals surface area contributed by atoms with Crippen molar-refractivity contribution in [2.45, 2.75) is 17.9 Å². The lowest BCUT2D eigenvalue weighted by atomic mass is 10.2. The average Bonchev–Trinajstić information content (AvgIpc) is 2.66. The number of nitrogens with zero attached hydrogens (tertiary/aromatic N) is 1. The number of carboxylic acid groups (broad SMARTS) is 1. The van der Waals surface area contributed by atoms with E-state index in [1.54, 1.807) is 18.2 Å². The summed E-state index contributed by atoms with van der Waals surface area (Å²) < 4.78 is 27.3. The molecule has 0 aliphatic carbocycles. The van der Waals surface area contributed by atoms with E-state index in [9.17, 15) is 18.0 Å². The quantitative estimate of drug-likeness (QED) is 0.830. The van der Waals surface area contributed by atoms with Crippen molar-refractivity contribution in [2.24, 2.45) is 4.40 Å². The first kappa shape index (κ1) is 15.5. The summed E-state index contributed by atoms with van der Waals surface area (Å²) in [6, 6.07) is 5.23. The van der Waals surface area contributed by atoms with Crippen LogP contribution in [0.3, 0.4) is 0 Å². The highest BCUT2D eigenvalue weighted by molar-refractivity contribution is 8.15. The SMILES string of the molecule is CC(=O)NC(CSC1=NS(=O)(=O)c2ccccc21)C(=O)O. The van der Waals surface area contributed by atoms with Gasteiger partial charge in [-0.05, 0) is 6.07 Å². The highest BCUT2D eigenvalue weighted by atomic mass is 32.2. The number of benzene rings is 1. The number of carbonyl (C=O) groups is 2. The van der Waals surface area contributed by atoms with Gasteiger partial charge in [-0.3, -0.25) is 4.79 Å². The molecule has 0 radical (unpaired) electrons. The zero-order valence-corrected chi connectivity index (χ0v) is 12.6. The fourth-order valence-electron chi connectivity index (χ4n) is 1.76. The number of rotatable bonds is 4. The summed E-state index contributed by atoms with van der Waals surface area (Å²) in [5.74, 6) is -1.67. The second kappa shape index (κ2) is 5.86. The number of fused-ring (bicyclic) bond motifs is 1. The van der Waals surface area contributed by atoms with Crippen molar-refractivity contribution in [2.75, 3.05) is 5.75 Å². The molecule has 1 aliphatic rings. The molecule has 0 bridgehead atoms. The number of sulfonamides is 1. The first-order valence-corrected chi connectivity index (χ1v) is 8.31. The Morgan fingerprint density at radius 1 is 1.38 bits per heavy atom. The maximum Gasteiger partial charge on any atom is 0.327 e. The number of aliphatic carboxylic acids is 1. The Kier molecular flexibility index (Phi) is 4.33. The van der Waals surface area contributed by atoms with Gasteiger partial charge in [-0.25, -0.2) is 4.79 Å². The Bertz CT molecular complexity index is 727. The van der Waals surface area contributed by atoms with Gasteiger partial charge in [0, 0.05) is 18.2 Å². The number of hydrogen-bond acceptors (Lipinski definition) is 5. The average molecular weight is 328 g/mol. The van der Waals surface area contributed by atoms with Crippen molar-refractivity contribution in [3.8, 4) is 0 Å². The summed E-state index contributed by atoms with van der Waals surface area (Å²) in [7, 11) is -3.71. The fourth-order valence-corrected chi connectivity index (χ4v) is 4.32. The second-order valence-corrected chi connectivity index (χ2v) is 6.85. The summed E-state index contributed by atoms with van der Waals surface area (Å²) in [4.78, 5) is 22.1. The van der Waals surface area contributed by atoms with Crippen LogP contribution >= 0.6 is 11.8 Å². The molecule has 9 heteroatoms. The summed E-state index contributed by atoms with van der Waals surface area (Å²) in [6.07, 6.45) is 0. The predicted molar refractivity (Wildman–Crippen MR) is 77.9 cm³/mol. The molecule has 0 spiro atoms. The molecule has 1 unspecified atom stereocenters. The van der Waals surface area contributed by atoms with Crippen molar-refractivity contribution in [1.82, 2.24) is 5.32 Å². The molecule has 0 saturated carbocycles. The van der Waals surface area contributed by atoms with Crippen molar-refractivity contribution in [1.29, 1.82) is 0 Å². The first-order chi connectivity index (χ1) is 9.81. The van der Waals surface area contributed by atoms with Gasteiger partial charge in [0.1, 0.15) is 11.1 Å². The molecule has 1 aromatic carbocycles. The van der Waals surface area contributed by atoms with Crippen molar-refractivity contribution in [3.05, 3.63) is 29.8 Å². The monoisotopic (exact) mass is 328 g/mol. The summed E-state index contributed by atoms with van der Waals surface area (Å²) >= 11 is 0.983. The van der Waals surface area contributed by atoms with E-state index >= 15 is 0 Å². The molecule has 21 heavy (non-hydrogen) atoms. The third kappa shape index (κ3) is 3.42. The van der Waals surface area contributed by atoms with Crippen LogP contribution in [0.2, 0.25) is 0 Å². The van der Waals surface area contributed by atoms with E-state index in [2.05, 4.69) is 9.71 Å². The lowest BCUT2D eigenvalue weighted by molar-refractivity contribution is -0.140. The fraction of sp³-hybridized carbons (Fsp3) is 0.250. The third-order valence-electron chi connectivity index (χ3n) is 2.66. The molecule has 2 N–H and O–H groups in total. The maximum absolute atomic E-state index is 11.8. The number of carbonyl (C=O) groups excluding carboxylic acids is 1. The Morgan fingerprint density at radius 3 is 2.67 bits per heavy atom. The van der Waals surface area contributed by atoms with Gasteiger partial charge in [-0.2, -0.15) is 12.8 Å². The molecule has 0 saturated heterocycles. The topological polar surface area (TPSA) is 113 Å². The number of nitrogens with one attached hydrogen (secondary N) is 1.